The standard InChI is InChI=1S/C14H19N3O/c1-3-12(15)8-11-9-16-17-14(11)10-4-6-13(18-2)7-5-10/h4-7,9,12H,3,8,15H2,1-2H3,(H,16,17). The van der Waals surface area contributed by atoms with Gasteiger partial charge in [-0.25, -0.2) is 0 Å². The predicted octanol–water partition coefficient (Wildman–Crippen LogP) is 2.37. The number of nitrogens with two attached hydrogens (primary N) is 1. The van der Waals surface area contributed by atoms with Gasteiger partial charge in [0.1, 0.15) is 5.75 Å². The molecule has 1 atom stereocenters. The minimum Gasteiger partial charge on any atom is -0.497 e. The molecule has 18 heavy (non-hydrogen) atoms. The number of H-pyrrole nitrogens is 1. The lowest BCUT2D eigenvalue weighted by atomic mass is 10.0. The molecule has 96 valence electrons. The van der Waals surface area contributed by atoms with Gasteiger partial charge in [0.25, 0.3) is 0 Å². The van der Waals surface area contributed by atoms with Gasteiger partial charge in [0.2, 0.25) is 0 Å². The number of methoxy groups -OCH3 is 1. The van der Waals surface area contributed by atoms with E-state index in [4.69, 9.17) is 10.5 Å². The largest absolute Gasteiger partial charge is 0.497 e. The summed E-state index contributed by atoms with van der Waals surface area (Å²) in [7, 11) is 1.66. The lowest BCUT2D eigenvalue weighted by molar-refractivity contribution is 0.415. The number of nitrogens with zero attached hydrogens (tertiary/aromatic N) is 1. The summed E-state index contributed by atoms with van der Waals surface area (Å²) >= 11 is 0. The third-order valence-corrected chi connectivity index (χ3v) is 3.10. The van der Waals surface area contributed by atoms with Gasteiger partial charge in [0, 0.05) is 11.6 Å². The maximum absolute atomic E-state index is 6.00. The van der Waals surface area contributed by atoms with Crippen LogP contribution in [0.1, 0.15) is 18.9 Å². The van der Waals surface area contributed by atoms with E-state index in [9.17, 15) is 0 Å². The van der Waals surface area contributed by atoms with Crippen LogP contribution in [0.25, 0.3) is 11.3 Å². The quantitative estimate of drug-likeness (QED) is 0.850. The average molecular weight is 245 g/mol. The highest BCUT2D eigenvalue weighted by atomic mass is 16.5. The molecule has 0 aliphatic carbocycles. The first kappa shape index (κ1) is 12.6. The van der Waals surface area contributed by atoms with Crippen molar-refractivity contribution in [3.8, 4) is 17.0 Å². The minimum atomic E-state index is 0.180. The number of aromatic amines is 1. The van der Waals surface area contributed by atoms with Crippen LogP contribution in [-0.4, -0.2) is 23.3 Å². The Hall–Kier alpha value is -1.81. The van der Waals surface area contributed by atoms with Gasteiger partial charge >= 0.3 is 0 Å². The van der Waals surface area contributed by atoms with Crippen molar-refractivity contribution in [3.05, 3.63) is 36.0 Å². The van der Waals surface area contributed by atoms with E-state index in [2.05, 4.69) is 17.1 Å². The lowest BCUT2D eigenvalue weighted by Crippen LogP contribution is -2.21. The van der Waals surface area contributed by atoms with Crippen LogP contribution >= 0.6 is 0 Å². The van der Waals surface area contributed by atoms with Gasteiger partial charge in [-0.2, -0.15) is 5.10 Å². The van der Waals surface area contributed by atoms with Gasteiger partial charge in [0.15, 0.2) is 0 Å². The molecule has 0 aliphatic heterocycles. The fourth-order valence-corrected chi connectivity index (χ4v) is 1.90. The SMILES string of the molecule is CCC(N)Cc1cn[nH]c1-c1ccc(OC)cc1. The van der Waals surface area contributed by atoms with Crippen LogP contribution in [0.4, 0.5) is 0 Å². The van der Waals surface area contributed by atoms with Crippen molar-refractivity contribution in [3.63, 3.8) is 0 Å². The van der Waals surface area contributed by atoms with Crippen molar-refractivity contribution in [2.45, 2.75) is 25.8 Å². The molecule has 1 unspecified atom stereocenters. The number of hydrogen-bond donors (Lipinski definition) is 2. The Morgan fingerprint density at radius 2 is 2.06 bits per heavy atom. The van der Waals surface area contributed by atoms with Crippen LogP contribution in [0.2, 0.25) is 0 Å². The highest BCUT2D eigenvalue weighted by Gasteiger charge is 2.10. The van der Waals surface area contributed by atoms with Crippen molar-refractivity contribution >= 4 is 0 Å². The Kier molecular flexibility index (Phi) is 3.99. The minimum absolute atomic E-state index is 0.180. The van der Waals surface area contributed by atoms with Gasteiger partial charge in [-0.3, -0.25) is 5.10 Å². The molecule has 1 aromatic carbocycles. The molecule has 4 nitrogen and oxygen atoms in total. The second-order valence-electron chi connectivity index (χ2n) is 4.37. The molecule has 3 N–H and O–H groups in total. The van der Waals surface area contributed by atoms with Crippen molar-refractivity contribution in [2.24, 2.45) is 5.73 Å². The Bertz CT molecular complexity index is 490. The third kappa shape index (κ3) is 2.71. The molecule has 0 amide bonds. The summed E-state index contributed by atoms with van der Waals surface area (Å²) in [6, 6.07) is 8.11. The molecule has 1 heterocycles. The second-order valence-corrected chi connectivity index (χ2v) is 4.37. The van der Waals surface area contributed by atoms with E-state index in [1.807, 2.05) is 30.5 Å². The van der Waals surface area contributed by atoms with Crippen LogP contribution < -0.4 is 10.5 Å². The van der Waals surface area contributed by atoms with E-state index in [0.29, 0.717) is 0 Å². The van der Waals surface area contributed by atoms with Crippen LogP contribution in [0.3, 0.4) is 0 Å². The van der Waals surface area contributed by atoms with Gasteiger partial charge in [0.05, 0.1) is 19.0 Å². The molecule has 0 radical (unpaired) electrons. The van der Waals surface area contributed by atoms with Crippen LogP contribution in [0.15, 0.2) is 30.5 Å². The van der Waals surface area contributed by atoms with E-state index >= 15 is 0 Å². The van der Waals surface area contributed by atoms with E-state index in [1.54, 1.807) is 7.11 Å². The topological polar surface area (TPSA) is 63.9 Å². The average Bonchev–Trinajstić information content (AvgIpc) is 2.86. The molecule has 0 aliphatic rings. The van der Waals surface area contributed by atoms with Gasteiger partial charge in [-0.1, -0.05) is 6.92 Å². The summed E-state index contributed by atoms with van der Waals surface area (Å²) in [5, 5.41) is 7.16. The molecule has 0 spiro atoms. The highest BCUT2D eigenvalue weighted by molar-refractivity contribution is 5.63. The normalized spacial score (nSPS) is 12.4. The van der Waals surface area contributed by atoms with Gasteiger partial charge in [-0.15, -0.1) is 0 Å². The van der Waals surface area contributed by atoms with Gasteiger partial charge in [-0.05, 0) is 42.7 Å². The van der Waals surface area contributed by atoms with E-state index in [-0.39, 0.29) is 6.04 Å². The van der Waals surface area contributed by atoms with E-state index in [0.717, 1.165) is 35.4 Å². The summed E-state index contributed by atoms with van der Waals surface area (Å²) in [4.78, 5) is 0. The van der Waals surface area contributed by atoms with Crippen molar-refractivity contribution in [2.75, 3.05) is 7.11 Å². The molecular weight excluding hydrogens is 226 g/mol. The number of rotatable bonds is 5. The Morgan fingerprint density at radius 1 is 1.33 bits per heavy atom. The maximum atomic E-state index is 6.00. The molecule has 0 saturated heterocycles. The summed E-state index contributed by atoms with van der Waals surface area (Å²) in [5.41, 5.74) is 9.30. The van der Waals surface area contributed by atoms with Gasteiger partial charge < -0.3 is 10.5 Å². The first-order valence-electron chi connectivity index (χ1n) is 6.16. The van der Waals surface area contributed by atoms with Crippen molar-refractivity contribution < 1.29 is 4.74 Å². The fraction of sp³-hybridized carbons (Fsp3) is 0.357. The zero-order valence-corrected chi connectivity index (χ0v) is 10.8. The predicted molar refractivity (Wildman–Crippen MR) is 72.5 cm³/mol. The zero-order valence-electron chi connectivity index (χ0n) is 10.8. The summed E-state index contributed by atoms with van der Waals surface area (Å²) < 4.78 is 5.15. The monoisotopic (exact) mass is 245 g/mol. The van der Waals surface area contributed by atoms with Crippen LogP contribution in [0.5, 0.6) is 5.75 Å². The molecule has 0 fully saturated rings. The first-order chi connectivity index (χ1) is 8.74. The van der Waals surface area contributed by atoms with E-state index < -0.39 is 0 Å². The number of benzene rings is 1. The molecule has 4 heteroatoms. The number of ether oxygens (including phenoxy) is 1. The summed E-state index contributed by atoms with van der Waals surface area (Å²) in [6.07, 6.45) is 3.66. The van der Waals surface area contributed by atoms with Crippen molar-refractivity contribution in [1.29, 1.82) is 0 Å². The first-order valence-corrected chi connectivity index (χ1v) is 6.16. The maximum Gasteiger partial charge on any atom is 0.118 e. The Morgan fingerprint density at radius 3 is 2.67 bits per heavy atom. The smallest absolute Gasteiger partial charge is 0.118 e. The molecule has 2 rings (SSSR count). The second kappa shape index (κ2) is 5.69. The number of aromatic nitrogens is 2. The number of nitrogens with one attached hydrogen (secondary N) is 1. The highest BCUT2D eigenvalue weighted by Crippen LogP contribution is 2.24. The van der Waals surface area contributed by atoms with Crippen LogP contribution in [0, 0.1) is 0 Å². The molecule has 0 saturated carbocycles. The number of hydrogen-bond acceptors (Lipinski definition) is 3. The van der Waals surface area contributed by atoms with E-state index in [1.165, 1.54) is 0 Å². The summed E-state index contributed by atoms with van der Waals surface area (Å²) in [5.74, 6) is 0.852. The third-order valence-electron chi connectivity index (χ3n) is 3.10. The Balaban J connectivity index is 2.24. The molecular formula is C14H19N3O. The molecule has 0 bridgehead atoms. The lowest BCUT2D eigenvalue weighted by Gasteiger charge is -2.09. The molecule has 1 aromatic heterocycles. The fourth-order valence-electron chi connectivity index (χ4n) is 1.90. The summed E-state index contributed by atoms with van der Waals surface area (Å²) in [6.45, 7) is 2.10. The van der Waals surface area contributed by atoms with Crippen molar-refractivity contribution in [1.82, 2.24) is 10.2 Å². The zero-order chi connectivity index (χ0) is 13.0. The molecule has 2 aromatic rings. The Labute approximate surface area is 107 Å². The van der Waals surface area contributed by atoms with Crippen LogP contribution in [-0.2, 0) is 6.42 Å².